The molecule has 5 aromatic carbocycles. The Labute approximate surface area is 326 Å². The van der Waals surface area contributed by atoms with Gasteiger partial charge in [0.05, 0.1) is 70.1 Å². The topological polar surface area (TPSA) is 92.3 Å². The van der Waals surface area contributed by atoms with E-state index in [9.17, 15) is 0 Å². The lowest BCUT2D eigenvalue weighted by atomic mass is 9.90. The van der Waals surface area contributed by atoms with Crippen molar-refractivity contribution in [1.29, 1.82) is 0 Å². The maximum absolute atomic E-state index is 6.42. The summed E-state index contributed by atoms with van der Waals surface area (Å²) in [4.78, 5) is 0. The van der Waals surface area contributed by atoms with E-state index in [1.165, 1.54) is 0 Å². The van der Waals surface area contributed by atoms with Crippen LogP contribution in [0.25, 0.3) is 55.6 Å². The molecular weight excluding hydrogens is 729 g/mol. The summed E-state index contributed by atoms with van der Waals surface area (Å²) in [6, 6.07) is 19.2. The summed E-state index contributed by atoms with van der Waals surface area (Å²) in [7, 11) is 13.0. The van der Waals surface area contributed by atoms with Gasteiger partial charge in [-0.15, -0.1) is 0 Å². The van der Waals surface area contributed by atoms with Gasteiger partial charge in [-0.05, 0) is 60.7 Å². The van der Waals surface area contributed by atoms with Crippen LogP contribution in [0.5, 0.6) is 57.5 Å². The first-order chi connectivity index (χ1) is 26.3. The minimum atomic E-state index is 0.338. The smallest absolute Gasteiger partial charge is 0.128 e. The Kier molecular flexibility index (Phi) is 12.0. The van der Waals surface area contributed by atoms with Crippen molar-refractivity contribution in [2.45, 2.75) is 0 Å². The van der Waals surface area contributed by atoms with Crippen molar-refractivity contribution in [1.82, 2.24) is 0 Å². The van der Waals surface area contributed by atoms with Gasteiger partial charge in [0, 0.05) is 67.1 Å². The van der Waals surface area contributed by atoms with E-state index in [4.69, 9.17) is 47.4 Å². The molecule has 0 amide bonds. The molecule has 284 valence electrons. The first kappa shape index (κ1) is 38.5. The molecule has 0 aromatic heterocycles. The standard InChI is InChI=1S/C42H44O10S2/c1-43-33-15-25-27-17-39(49-7)29(19-37(27)47-5)31-21-42(52-10-12-54)32(22-41(31)51-9-11-53)30-20-38(48-6)28(18-40(30)50-8)26-16-34(44-2)24(14-36(26)46-4)23(33)13-35(25)45-3/h13-22,53-54H,9-12H2,1-8H3. The van der Waals surface area contributed by atoms with Crippen LogP contribution in [-0.2, 0) is 0 Å². The molecule has 12 heteroatoms. The number of thiol groups is 2. The minimum absolute atomic E-state index is 0.338. The third-order valence-corrected chi connectivity index (χ3v) is 9.68. The van der Waals surface area contributed by atoms with Gasteiger partial charge < -0.3 is 47.4 Å². The Bertz CT molecular complexity index is 2010. The third kappa shape index (κ3) is 6.96. The highest BCUT2D eigenvalue weighted by molar-refractivity contribution is 7.80. The first-order valence-corrected chi connectivity index (χ1v) is 18.3. The molecule has 0 aliphatic heterocycles. The number of methoxy groups -OCH3 is 8. The van der Waals surface area contributed by atoms with E-state index >= 15 is 0 Å². The van der Waals surface area contributed by atoms with Gasteiger partial charge in [-0.3, -0.25) is 0 Å². The van der Waals surface area contributed by atoms with E-state index in [2.05, 4.69) is 25.3 Å². The average Bonchev–Trinajstić information content (AvgIpc) is 3.22. The molecule has 0 spiro atoms. The second kappa shape index (κ2) is 16.9. The van der Waals surface area contributed by atoms with Crippen molar-refractivity contribution < 1.29 is 47.4 Å². The lowest BCUT2D eigenvalue weighted by Gasteiger charge is -2.24. The molecule has 0 N–H and O–H groups in total. The molecular formula is C42H44O10S2. The van der Waals surface area contributed by atoms with E-state index in [1.807, 2.05) is 60.7 Å². The van der Waals surface area contributed by atoms with E-state index in [0.717, 1.165) is 11.1 Å². The lowest BCUT2D eigenvalue weighted by Crippen LogP contribution is -2.05. The third-order valence-electron chi connectivity index (χ3n) is 9.32. The van der Waals surface area contributed by atoms with E-state index in [0.29, 0.717) is 127 Å². The highest BCUT2D eigenvalue weighted by Crippen LogP contribution is 2.54. The molecule has 54 heavy (non-hydrogen) atoms. The van der Waals surface area contributed by atoms with Crippen molar-refractivity contribution in [3.63, 3.8) is 0 Å². The summed E-state index contributed by atoms with van der Waals surface area (Å²) in [5, 5.41) is 0. The molecule has 10 bridgehead atoms. The summed E-state index contributed by atoms with van der Waals surface area (Å²) < 4.78 is 61.3. The fourth-order valence-corrected chi connectivity index (χ4v) is 6.99. The summed E-state index contributed by atoms with van der Waals surface area (Å²) in [5.41, 5.74) is 7.14. The number of hydrogen-bond acceptors (Lipinski definition) is 12. The molecule has 10 nitrogen and oxygen atoms in total. The highest BCUT2D eigenvalue weighted by Gasteiger charge is 2.28. The molecule has 0 heterocycles. The number of benzene rings is 5. The lowest BCUT2D eigenvalue weighted by molar-refractivity contribution is 0.336. The van der Waals surface area contributed by atoms with Gasteiger partial charge >= 0.3 is 0 Å². The van der Waals surface area contributed by atoms with Crippen LogP contribution in [0.1, 0.15) is 0 Å². The van der Waals surface area contributed by atoms with Crippen LogP contribution in [0, 0.1) is 0 Å². The Balaban J connectivity index is 1.85. The molecule has 0 saturated heterocycles. The number of hydrogen-bond donors (Lipinski definition) is 2. The van der Waals surface area contributed by atoms with Crippen molar-refractivity contribution >= 4 is 25.3 Å². The largest absolute Gasteiger partial charge is 0.496 e. The SMILES string of the molecule is COc1cc2c(OC)cc1-c1cc(OC)c(cc1OC)-c1cc(OC)c(cc1OC)-c1cc(OCCS)c(cc1OCCS)-c1cc(OC)c-2cc1OC. The molecule has 13 aliphatic carbocycles. The summed E-state index contributed by atoms with van der Waals surface area (Å²) in [6.07, 6.45) is 0. The van der Waals surface area contributed by atoms with Gasteiger partial charge in [-0.1, -0.05) is 0 Å². The maximum Gasteiger partial charge on any atom is 0.128 e. The van der Waals surface area contributed by atoms with Crippen LogP contribution in [-0.4, -0.2) is 81.6 Å². The second-order valence-electron chi connectivity index (χ2n) is 12.0. The second-order valence-corrected chi connectivity index (χ2v) is 12.9. The monoisotopic (exact) mass is 772 g/mol. The van der Waals surface area contributed by atoms with E-state index in [1.54, 1.807) is 56.9 Å². The fraction of sp³-hybridized carbons (Fsp3) is 0.286. The first-order valence-electron chi connectivity index (χ1n) is 17.0. The Morgan fingerprint density at radius 1 is 0.278 bits per heavy atom. The Morgan fingerprint density at radius 2 is 0.426 bits per heavy atom. The van der Waals surface area contributed by atoms with Gasteiger partial charge in [0.25, 0.3) is 0 Å². The zero-order valence-corrected chi connectivity index (χ0v) is 33.4. The van der Waals surface area contributed by atoms with Crippen LogP contribution >= 0.6 is 25.3 Å². The Morgan fingerprint density at radius 3 is 0.574 bits per heavy atom. The number of rotatable bonds is 14. The zero-order chi connectivity index (χ0) is 38.5. The van der Waals surface area contributed by atoms with Crippen molar-refractivity contribution in [3.05, 3.63) is 60.7 Å². The van der Waals surface area contributed by atoms with Crippen LogP contribution in [0.15, 0.2) is 60.7 Å². The molecule has 5 aromatic rings. The molecule has 0 unspecified atom stereocenters. The van der Waals surface area contributed by atoms with Gasteiger partial charge in [-0.2, -0.15) is 25.3 Å². The van der Waals surface area contributed by atoms with Crippen LogP contribution in [0.4, 0.5) is 0 Å². The van der Waals surface area contributed by atoms with E-state index in [-0.39, 0.29) is 0 Å². The van der Waals surface area contributed by atoms with Gasteiger partial charge in [-0.25, -0.2) is 0 Å². The quantitative estimate of drug-likeness (QED) is 0.105. The van der Waals surface area contributed by atoms with Crippen LogP contribution < -0.4 is 47.4 Å². The predicted molar refractivity (Wildman–Crippen MR) is 218 cm³/mol. The Hall–Kier alpha value is -5.20. The van der Waals surface area contributed by atoms with Crippen molar-refractivity contribution in [3.8, 4) is 113 Å². The zero-order valence-electron chi connectivity index (χ0n) is 31.6. The summed E-state index contributed by atoms with van der Waals surface area (Å²) >= 11 is 8.90. The average molecular weight is 773 g/mol. The molecule has 0 saturated carbocycles. The summed E-state index contributed by atoms with van der Waals surface area (Å²) in [6.45, 7) is 0.675. The fourth-order valence-electron chi connectivity index (χ4n) is 6.81. The summed E-state index contributed by atoms with van der Waals surface area (Å²) in [5.74, 6) is 6.57. The minimum Gasteiger partial charge on any atom is -0.496 e. The molecule has 18 rings (SSSR count). The van der Waals surface area contributed by atoms with E-state index < -0.39 is 0 Å². The molecule has 0 radical (unpaired) electrons. The normalized spacial score (nSPS) is 11.1. The van der Waals surface area contributed by atoms with Gasteiger partial charge in [0.2, 0.25) is 0 Å². The highest BCUT2D eigenvalue weighted by atomic mass is 32.1. The van der Waals surface area contributed by atoms with Crippen LogP contribution in [0.3, 0.4) is 0 Å². The molecule has 13 aliphatic rings. The molecule has 0 atom stereocenters. The van der Waals surface area contributed by atoms with Gasteiger partial charge in [0.15, 0.2) is 0 Å². The van der Waals surface area contributed by atoms with Crippen molar-refractivity contribution in [2.75, 3.05) is 81.6 Å². The maximum atomic E-state index is 6.42. The van der Waals surface area contributed by atoms with Crippen molar-refractivity contribution in [2.24, 2.45) is 0 Å². The predicted octanol–water partition coefficient (Wildman–Crippen LogP) is 9.02. The van der Waals surface area contributed by atoms with Gasteiger partial charge in [0.1, 0.15) is 57.5 Å². The molecule has 0 fully saturated rings. The number of ether oxygens (including phenoxy) is 10. The van der Waals surface area contributed by atoms with Crippen LogP contribution in [0.2, 0.25) is 0 Å².